The Labute approximate surface area is 136 Å². The van der Waals surface area contributed by atoms with Crippen molar-refractivity contribution in [2.24, 2.45) is 5.92 Å². The first-order valence-corrected chi connectivity index (χ1v) is 8.41. The topological polar surface area (TPSA) is 64.6 Å². The number of halogens is 2. The molecule has 0 aromatic heterocycles. The molecule has 0 heterocycles. The second-order valence-electron chi connectivity index (χ2n) is 5.88. The van der Waals surface area contributed by atoms with E-state index in [1.165, 1.54) is 12.8 Å². The number of rotatable bonds is 7. The Hall–Kier alpha value is -0.140. The molecule has 1 atom stereocenters. The maximum Gasteiger partial charge on any atom is 0.408 e. The molecule has 0 radical (unpaired) electrons. The summed E-state index contributed by atoms with van der Waals surface area (Å²) >= 11 is 6.29. The second kappa shape index (κ2) is 7.75. The van der Waals surface area contributed by atoms with E-state index in [-0.39, 0.29) is 12.4 Å². The number of hydrogen-bond acceptors (Lipinski definition) is 4. The summed E-state index contributed by atoms with van der Waals surface area (Å²) in [5, 5.41) is 2.55. The third-order valence-corrected chi connectivity index (χ3v) is 3.49. The molecule has 1 fully saturated rings. The summed E-state index contributed by atoms with van der Waals surface area (Å²) < 4.78 is 10.1. The minimum atomic E-state index is -0.729. The van der Waals surface area contributed by atoms with Gasteiger partial charge in [-0.05, 0) is 39.5 Å². The van der Waals surface area contributed by atoms with Gasteiger partial charge < -0.3 is 14.8 Å². The van der Waals surface area contributed by atoms with E-state index in [0.29, 0.717) is 12.5 Å². The summed E-state index contributed by atoms with van der Waals surface area (Å²) in [7, 11) is 0. The van der Waals surface area contributed by atoms with Crippen LogP contribution in [0.2, 0.25) is 0 Å². The van der Waals surface area contributed by atoms with E-state index in [2.05, 4.69) is 37.2 Å². The highest BCUT2D eigenvalue weighted by atomic mass is 79.9. The number of Topliss-reactive ketones (excluding diaryl/α,β-unsaturated/α-hetero) is 1. The Kier molecular flexibility index (Phi) is 6.94. The third kappa shape index (κ3) is 7.59. The number of ether oxygens (including phenoxy) is 2. The van der Waals surface area contributed by atoms with Gasteiger partial charge in [0.1, 0.15) is 15.4 Å². The number of carbonyl (C=O) groups excluding carboxylic acids is 2. The predicted molar refractivity (Wildman–Crippen MR) is 83.3 cm³/mol. The summed E-state index contributed by atoms with van der Waals surface area (Å²) in [6, 6.07) is -0.729. The summed E-state index contributed by atoms with van der Waals surface area (Å²) in [5.74, 6) is 0.405. The highest BCUT2D eigenvalue weighted by molar-refractivity contribution is 9.25. The molecule has 1 aliphatic carbocycles. The number of alkyl carbamates (subject to hydrolysis) is 1. The molecule has 0 bridgehead atoms. The quantitative estimate of drug-likeness (QED) is 0.650. The molecule has 116 valence electrons. The van der Waals surface area contributed by atoms with Gasteiger partial charge in [-0.3, -0.25) is 4.79 Å². The van der Waals surface area contributed by atoms with Gasteiger partial charge in [0.15, 0.2) is 5.78 Å². The Bertz CT molecular complexity index is 351. The molecule has 1 N–H and O–H groups in total. The van der Waals surface area contributed by atoms with Crippen LogP contribution in [0.25, 0.3) is 0 Å². The van der Waals surface area contributed by atoms with Gasteiger partial charge in [0.25, 0.3) is 0 Å². The second-order valence-corrected chi connectivity index (χ2v) is 8.94. The number of ketones is 1. The Balaban J connectivity index is 2.47. The average Bonchev–Trinajstić information content (AvgIpc) is 3.08. The zero-order valence-corrected chi connectivity index (χ0v) is 15.1. The summed E-state index contributed by atoms with van der Waals surface area (Å²) in [6.07, 6.45) is 1.74. The molecule has 20 heavy (non-hydrogen) atoms. The molecule has 1 aliphatic rings. The van der Waals surface area contributed by atoms with Crippen LogP contribution in [0.1, 0.15) is 33.6 Å². The van der Waals surface area contributed by atoms with E-state index in [1.807, 2.05) is 0 Å². The molecule has 1 rings (SSSR count). The summed E-state index contributed by atoms with van der Waals surface area (Å²) in [4.78, 5) is 23.7. The lowest BCUT2D eigenvalue weighted by atomic mass is 10.2. The van der Waals surface area contributed by atoms with E-state index in [4.69, 9.17) is 9.47 Å². The maximum absolute atomic E-state index is 12.0. The Morgan fingerprint density at radius 2 is 1.90 bits per heavy atom. The molecule has 1 saturated carbocycles. The highest BCUT2D eigenvalue weighted by Gasteiger charge is 2.29. The molecule has 1 unspecified atom stereocenters. The highest BCUT2D eigenvalue weighted by Crippen LogP contribution is 2.28. The van der Waals surface area contributed by atoms with Crippen LogP contribution in [-0.4, -0.2) is 40.5 Å². The minimum absolute atomic E-state index is 0.155. The van der Waals surface area contributed by atoms with Crippen molar-refractivity contribution in [3.8, 4) is 0 Å². The van der Waals surface area contributed by atoms with Gasteiger partial charge in [-0.2, -0.15) is 0 Å². The van der Waals surface area contributed by atoms with Crippen LogP contribution in [0.15, 0.2) is 0 Å². The van der Waals surface area contributed by atoms with Crippen LogP contribution in [0, 0.1) is 5.92 Å². The van der Waals surface area contributed by atoms with Crippen molar-refractivity contribution in [3.05, 3.63) is 0 Å². The first kappa shape index (κ1) is 17.9. The van der Waals surface area contributed by atoms with E-state index < -0.39 is 21.5 Å². The zero-order chi connectivity index (χ0) is 15.3. The fraction of sp³-hybridized carbons (Fsp3) is 0.846. The standard InChI is InChI=1S/C13H21Br2NO4/c1-13(2,3)20-12(18)16-9(10(17)11(14)15)7-19-6-8-4-5-8/h8-9,11H,4-7H2,1-3H3,(H,16,18). The average molecular weight is 415 g/mol. The third-order valence-electron chi connectivity index (χ3n) is 2.58. The lowest BCUT2D eigenvalue weighted by Crippen LogP contribution is -2.47. The van der Waals surface area contributed by atoms with Crippen molar-refractivity contribution in [2.75, 3.05) is 13.2 Å². The minimum Gasteiger partial charge on any atom is -0.444 e. The lowest BCUT2D eigenvalue weighted by Gasteiger charge is -2.23. The van der Waals surface area contributed by atoms with Gasteiger partial charge in [-0.15, -0.1) is 0 Å². The molecular formula is C13H21Br2NO4. The molecule has 1 amide bonds. The van der Waals surface area contributed by atoms with E-state index >= 15 is 0 Å². The SMILES string of the molecule is CC(C)(C)OC(=O)NC(COCC1CC1)C(=O)C(Br)Br. The molecule has 0 spiro atoms. The van der Waals surface area contributed by atoms with Crippen LogP contribution in [0.5, 0.6) is 0 Å². The first-order chi connectivity index (χ1) is 9.19. The normalized spacial score (nSPS) is 16.9. The Morgan fingerprint density at radius 1 is 1.30 bits per heavy atom. The smallest absolute Gasteiger partial charge is 0.408 e. The van der Waals surface area contributed by atoms with Gasteiger partial charge in [-0.1, -0.05) is 31.9 Å². The molecule has 0 aliphatic heterocycles. The largest absolute Gasteiger partial charge is 0.444 e. The summed E-state index contributed by atoms with van der Waals surface area (Å²) in [6.45, 7) is 6.09. The molecule has 0 aromatic rings. The number of carbonyl (C=O) groups is 2. The van der Waals surface area contributed by atoms with Gasteiger partial charge >= 0.3 is 6.09 Å². The van der Waals surface area contributed by atoms with Crippen LogP contribution in [-0.2, 0) is 14.3 Å². The van der Waals surface area contributed by atoms with Gasteiger partial charge in [0.05, 0.1) is 6.61 Å². The zero-order valence-electron chi connectivity index (χ0n) is 11.9. The maximum atomic E-state index is 12.0. The molecule has 7 heteroatoms. The van der Waals surface area contributed by atoms with Crippen LogP contribution >= 0.6 is 31.9 Å². The first-order valence-electron chi connectivity index (χ1n) is 6.58. The van der Waals surface area contributed by atoms with E-state index in [0.717, 1.165) is 0 Å². The van der Waals surface area contributed by atoms with Crippen LogP contribution < -0.4 is 5.32 Å². The monoisotopic (exact) mass is 413 g/mol. The van der Waals surface area contributed by atoms with Crippen molar-refractivity contribution < 1.29 is 19.1 Å². The van der Waals surface area contributed by atoms with Gasteiger partial charge in [0.2, 0.25) is 0 Å². The molecular weight excluding hydrogens is 394 g/mol. The van der Waals surface area contributed by atoms with Crippen molar-refractivity contribution >= 4 is 43.7 Å². The number of alkyl halides is 2. The van der Waals surface area contributed by atoms with Crippen LogP contribution in [0.4, 0.5) is 4.79 Å². The molecule has 0 saturated heterocycles. The fourth-order valence-corrected chi connectivity index (χ4v) is 2.07. The lowest BCUT2D eigenvalue weighted by molar-refractivity contribution is -0.120. The number of nitrogens with one attached hydrogen (secondary N) is 1. The Morgan fingerprint density at radius 3 is 2.35 bits per heavy atom. The van der Waals surface area contributed by atoms with E-state index in [1.54, 1.807) is 20.8 Å². The molecule has 5 nitrogen and oxygen atoms in total. The van der Waals surface area contributed by atoms with E-state index in [9.17, 15) is 9.59 Å². The van der Waals surface area contributed by atoms with Crippen molar-refractivity contribution in [1.82, 2.24) is 5.32 Å². The predicted octanol–water partition coefficient (Wildman–Crippen LogP) is 2.99. The molecule has 0 aromatic carbocycles. The van der Waals surface area contributed by atoms with Gasteiger partial charge in [0, 0.05) is 6.61 Å². The van der Waals surface area contributed by atoms with Crippen molar-refractivity contribution in [2.45, 2.75) is 49.0 Å². The summed E-state index contributed by atoms with van der Waals surface area (Å²) in [5.41, 5.74) is -0.602. The van der Waals surface area contributed by atoms with Crippen molar-refractivity contribution in [3.63, 3.8) is 0 Å². The fourth-order valence-electron chi connectivity index (χ4n) is 1.43. The van der Waals surface area contributed by atoms with Crippen LogP contribution in [0.3, 0.4) is 0 Å². The van der Waals surface area contributed by atoms with Crippen molar-refractivity contribution in [1.29, 1.82) is 0 Å². The number of hydrogen-bond donors (Lipinski definition) is 1. The number of amides is 1. The van der Waals surface area contributed by atoms with Gasteiger partial charge in [-0.25, -0.2) is 4.79 Å².